The van der Waals surface area contributed by atoms with E-state index in [2.05, 4.69) is 0 Å². The molecule has 0 bridgehead atoms. The molecule has 0 saturated carbocycles. The minimum atomic E-state index is -0.00253. The average molecular weight is 198 g/mol. The predicted octanol–water partition coefficient (Wildman–Crippen LogP) is 1.91. The Balaban J connectivity index is 2.38. The van der Waals surface area contributed by atoms with Gasteiger partial charge in [0.05, 0.1) is 12.1 Å². The first-order valence-electron chi connectivity index (χ1n) is 4.29. The molecule has 0 spiro atoms. The van der Waals surface area contributed by atoms with Crippen molar-refractivity contribution in [3.05, 3.63) is 34.3 Å². The lowest BCUT2D eigenvalue weighted by atomic mass is 10.1. The van der Waals surface area contributed by atoms with Crippen molar-refractivity contribution in [2.75, 3.05) is 7.11 Å². The summed E-state index contributed by atoms with van der Waals surface area (Å²) < 4.78 is 5.28. The van der Waals surface area contributed by atoms with Crippen LogP contribution >= 0.6 is 11.6 Å². The molecule has 0 saturated heterocycles. The van der Waals surface area contributed by atoms with Crippen molar-refractivity contribution in [3.63, 3.8) is 0 Å². The molecule has 2 unspecified atom stereocenters. The first-order chi connectivity index (χ1) is 6.22. The zero-order valence-corrected chi connectivity index (χ0v) is 8.21. The predicted molar refractivity (Wildman–Crippen MR) is 52.9 cm³/mol. The molecule has 1 aliphatic rings. The summed E-state index contributed by atoms with van der Waals surface area (Å²) in [7, 11) is 1.69. The molecule has 0 aromatic heterocycles. The second-order valence-electron chi connectivity index (χ2n) is 3.35. The van der Waals surface area contributed by atoms with E-state index in [1.807, 2.05) is 18.2 Å². The lowest BCUT2D eigenvalue weighted by molar-refractivity contribution is 0.0907. The second-order valence-corrected chi connectivity index (χ2v) is 3.78. The molecule has 2 rings (SSSR count). The van der Waals surface area contributed by atoms with Gasteiger partial charge in [0.2, 0.25) is 0 Å². The van der Waals surface area contributed by atoms with E-state index >= 15 is 0 Å². The topological polar surface area (TPSA) is 35.2 Å². The molecule has 70 valence electrons. The van der Waals surface area contributed by atoms with Crippen molar-refractivity contribution in [1.29, 1.82) is 0 Å². The average Bonchev–Trinajstić information content (AvgIpc) is 2.42. The Labute approximate surface area is 82.6 Å². The lowest BCUT2D eigenvalue weighted by Gasteiger charge is -2.13. The highest BCUT2D eigenvalue weighted by Crippen LogP contribution is 2.32. The van der Waals surface area contributed by atoms with Crippen LogP contribution in [0.4, 0.5) is 0 Å². The molecule has 13 heavy (non-hydrogen) atoms. The quantitative estimate of drug-likeness (QED) is 0.747. The van der Waals surface area contributed by atoms with Crippen LogP contribution in [-0.4, -0.2) is 13.2 Å². The van der Waals surface area contributed by atoms with Crippen LogP contribution in [0.2, 0.25) is 5.02 Å². The summed E-state index contributed by atoms with van der Waals surface area (Å²) in [6.45, 7) is 0. The van der Waals surface area contributed by atoms with Gasteiger partial charge in [-0.25, -0.2) is 0 Å². The maximum atomic E-state index is 5.98. The molecular weight excluding hydrogens is 186 g/mol. The summed E-state index contributed by atoms with van der Waals surface area (Å²) in [5, 5.41) is 0.766. The molecule has 0 amide bonds. The summed E-state index contributed by atoms with van der Waals surface area (Å²) in [5.74, 6) is 0. The van der Waals surface area contributed by atoms with E-state index < -0.39 is 0 Å². The second kappa shape index (κ2) is 3.29. The van der Waals surface area contributed by atoms with Crippen LogP contribution in [0.15, 0.2) is 18.2 Å². The number of rotatable bonds is 1. The van der Waals surface area contributed by atoms with Gasteiger partial charge in [-0.3, -0.25) is 0 Å². The minimum Gasteiger partial charge on any atom is -0.379 e. The third kappa shape index (κ3) is 1.46. The van der Waals surface area contributed by atoms with Gasteiger partial charge in [0, 0.05) is 18.6 Å². The van der Waals surface area contributed by atoms with Gasteiger partial charge in [-0.1, -0.05) is 17.7 Å². The highest BCUT2D eigenvalue weighted by atomic mass is 35.5. The van der Waals surface area contributed by atoms with E-state index in [4.69, 9.17) is 22.1 Å². The number of ether oxygens (including phenoxy) is 1. The third-order valence-electron chi connectivity index (χ3n) is 2.59. The van der Waals surface area contributed by atoms with E-state index in [1.165, 1.54) is 5.56 Å². The molecule has 1 aliphatic carbocycles. The molecule has 3 heteroatoms. The fourth-order valence-corrected chi connectivity index (χ4v) is 2.04. The van der Waals surface area contributed by atoms with Gasteiger partial charge in [0.25, 0.3) is 0 Å². The largest absolute Gasteiger partial charge is 0.379 e. The summed E-state index contributed by atoms with van der Waals surface area (Å²) in [6.07, 6.45) is 0.974. The monoisotopic (exact) mass is 197 g/mol. The van der Waals surface area contributed by atoms with Gasteiger partial charge < -0.3 is 10.5 Å². The number of hydrogen-bond donors (Lipinski definition) is 1. The van der Waals surface area contributed by atoms with E-state index in [-0.39, 0.29) is 12.1 Å². The summed E-state index contributed by atoms with van der Waals surface area (Å²) in [5.41, 5.74) is 8.36. The SMILES string of the molecule is COC1Cc2cc(Cl)ccc2C1N. The molecule has 2 atom stereocenters. The molecule has 0 heterocycles. The van der Waals surface area contributed by atoms with Gasteiger partial charge in [-0.2, -0.15) is 0 Å². The van der Waals surface area contributed by atoms with Gasteiger partial charge in [-0.15, -0.1) is 0 Å². The lowest BCUT2D eigenvalue weighted by Crippen LogP contribution is -2.23. The van der Waals surface area contributed by atoms with Crippen molar-refractivity contribution < 1.29 is 4.74 Å². The maximum absolute atomic E-state index is 5.98. The molecule has 2 N–H and O–H groups in total. The van der Waals surface area contributed by atoms with Crippen LogP contribution in [0.1, 0.15) is 17.2 Å². The fourth-order valence-electron chi connectivity index (χ4n) is 1.85. The molecule has 1 aromatic rings. The Morgan fingerprint density at radius 3 is 3.00 bits per heavy atom. The summed E-state index contributed by atoms with van der Waals surface area (Å²) in [4.78, 5) is 0. The zero-order valence-electron chi connectivity index (χ0n) is 7.46. The standard InChI is InChI=1S/C10H12ClNO/c1-13-9-5-6-4-7(11)2-3-8(6)10(9)12/h2-4,9-10H,5,12H2,1H3. The Bertz CT molecular complexity index is 327. The summed E-state index contributed by atoms with van der Waals surface area (Å²) >= 11 is 5.88. The molecule has 0 aliphatic heterocycles. The van der Waals surface area contributed by atoms with Crippen molar-refractivity contribution in [1.82, 2.24) is 0 Å². The molecule has 0 fully saturated rings. The third-order valence-corrected chi connectivity index (χ3v) is 2.82. The normalized spacial score (nSPS) is 26.1. The van der Waals surface area contributed by atoms with Crippen molar-refractivity contribution >= 4 is 11.6 Å². The number of fused-ring (bicyclic) bond motifs is 1. The van der Waals surface area contributed by atoms with Crippen LogP contribution < -0.4 is 5.73 Å². The first kappa shape index (κ1) is 9.00. The Morgan fingerprint density at radius 1 is 1.54 bits per heavy atom. The van der Waals surface area contributed by atoms with Crippen LogP contribution in [0.5, 0.6) is 0 Å². The fraction of sp³-hybridized carbons (Fsp3) is 0.400. The van der Waals surface area contributed by atoms with Crippen molar-refractivity contribution in [2.24, 2.45) is 5.73 Å². The Morgan fingerprint density at radius 2 is 2.31 bits per heavy atom. The maximum Gasteiger partial charge on any atom is 0.0804 e. The van der Waals surface area contributed by atoms with Crippen LogP contribution in [0.25, 0.3) is 0 Å². The highest BCUT2D eigenvalue weighted by molar-refractivity contribution is 6.30. The van der Waals surface area contributed by atoms with E-state index in [0.29, 0.717) is 0 Å². The molecule has 1 aromatic carbocycles. The highest BCUT2D eigenvalue weighted by Gasteiger charge is 2.29. The van der Waals surface area contributed by atoms with Gasteiger partial charge in [0.15, 0.2) is 0 Å². The zero-order chi connectivity index (χ0) is 9.42. The number of methoxy groups -OCH3 is 1. The van der Waals surface area contributed by atoms with E-state index in [0.717, 1.165) is 17.0 Å². The van der Waals surface area contributed by atoms with Crippen LogP contribution in [0, 0.1) is 0 Å². The van der Waals surface area contributed by atoms with Crippen molar-refractivity contribution in [3.8, 4) is 0 Å². The van der Waals surface area contributed by atoms with E-state index in [1.54, 1.807) is 7.11 Å². The van der Waals surface area contributed by atoms with Crippen LogP contribution in [0.3, 0.4) is 0 Å². The number of benzene rings is 1. The van der Waals surface area contributed by atoms with E-state index in [9.17, 15) is 0 Å². The van der Waals surface area contributed by atoms with Gasteiger partial charge in [-0.05, 0) is 23.3 Å². The van der Waals surface area contributed by atoms with Crippen molar-refractivity contribution in [2.45, 2.75) is 18.6 Å². The smallest absolute Gasteiger partial charge is 0.0804 e. The Hall–Kier alpha value is -0.570. The number of hydrogen-bond acceptors (Lipinski definition) is 2. The van der Waals surface area contributed by atoms with Gasteiger partial charge >= 0.3 is 0 Å². The van der Waals surface area contributed by atoms with Gasteiger partial charge in [0.1, 0.15) is 0 Å². The van der Waals surface area contributed by atoms with Crippen LogP contribution in [-0.2, 0) is 11.2 Å². The molecular formula is C10H12ClNO. The Kier molecular flexibility index (Phi) is 2.28. The summed E-state index contributed by atoms with van der Waals surface area (Å²) in [6, 6.07) is 5.83. The first-order valence-corrected chi connectivity index (χ1v) is 4.67. The minimum absolute atomic E-state index is 0.00253. The number of nitrogens with two attached hydrogens (primary N) is 1. The molecule has 2 nitrogen and oxygen atoms in total. The molecule has 0 radical (unpaired) electrons. The number of halogens is 1.